The predicted octanol–water partition coefficient (Wildman–Crippen LogP) is 6.30. The van der Waals surface area contributed by atoms with Crippen LogP contribution in [0.3, 0.4) is 0 Å². The maximum Gasteiger partial charge on any atom is 0.407 e. The minimum Gasteiger partial charge on any atom is -0.444 e. The van der Waals surface area contributed by atoms with E-state index >= 15 is 0 Å². The average Bonchev–Trinajstić information content (AvgIpc) is 2.82. The fourth-order valence-electron chi connectivity index (χ4n) is 4.03. The zero-order valence-electron chi connectivity index (χ0n) is 22.1. The molecular formula is C28H34ClN3O4S. The predicted molar refractivity (Wildman–Crippen MR) is 147 cm³/mol. The number of hydrogen-bond acceptors (Lipinski definition) is 5. The fourth-order valence-corrected chi connectivity index (χ4v) is 6.13. The van der Waals surface area contributed by atoms with Gasteiger partial charge in [-0.25, -0.2) is 13.2 Å². The molecule has 0 bridgehead atoms. The zero-order chi connectivity index (χ0) is 27.4. The van der Waals surface area contributed by atoms with Crippen LogP contribution in [0, 0.1) is 13.8 Å². The van der Waals surface area contributed by atoms with Crippen LogP contribution in [-0.2, 0) is 14.8 Å². The van der Waals surface area contributed by atoms with Crippen molar-refractivity contribution < 1.29 is 17.9 Å². The average molecular weight is 544 g/mol. The van der Waals surface area contributed by atoms with Crippen molar-refractivity contribution in [2.75, 3.05) is 13.1 Å². The summed E-state index contributed by atoms with van der Waals surface area (Å²) in [6, 6.07) is 14.0. The molecule has 1 unspecified atom stereocenters. The minimum atomic E-state index is -3.97. The smallest absolute Gasteiger partial charge is 0.407 e. The molecule has 0 aliphatic rings. The number of nitrogens with zero attached hydrogens (tertiary/aromatic N) is 2. The highest BCUT2D eigenvalue weighted by Crippen LogP contribution is 2.33. The summed E-state index contributed by atoms with van der Waals surface area (Å²) in [4.78, 5) is 16.5. The molecule has 0 saturated carbocycles. The number of aromatic nitrogens is 1. The molecule has 2 aromatic carbocycles. The molecule has 0 aliphatic carbocycles. The fraction of sp³-hybridized carbons (Fsp3) is 0.357. The number of halogens is 1. The first-order valence-electron chi connectivity index (χ1n) is 12.1. The molecule has 1 N–H and O–H groups in total. The van der Waals surface area contributed by atoms with E-state index in [9.17, 15) is 13.2 Å². The van der Waals surface area contributed by atoms with Crippen molar-refractivity contribution in [3.05, 3.63) is 82.6 Å². The van der Waals surface area contributed by atoms with Crippen molar-refractivity contribution in [3.63, 3.8) is 0 Å². The van der Waals surface area contributed by atoms with Crippen LogP contribution < -0.4 is 5.32 Å². The lowest BCUT2D eigenvalue weighted by molar-refractivity contribution is 0.0524. The highest BCUT2D eigenvalue weighted by atomic mass is 35.5. The second kappa shape index (κ2) is 11.6. The van der Waals surface area contributed by atoms with E-state index in [-0.39, 0.29) is 18.0 Å². The van der Waals surface area contributed by atoms with E-state index in [0.717, 1.165) is 22.3 Å². The lowest BCUT2D eigenvalue weighted by Crippen LogP contribution is -2.41. The molecule has 0 aliphatic heterocycles. The molecule has 0 radical (unpaired) electrons. The van der Waals surface area contributed by atoms with Crippen LogP contribution in [0.25, 0.3) is 11.1 Å². The molecule has 0 saturated heterocycles. The van der Waals surface area contributed by atoms with Crippen LogP contribution in [0.1, 0.15) is 50.4 Å². The Bertz CT molecular complexity index is 1370. The standard InChI is InChI=1S/C28H34ClN3O4S/c1-19-18-30-14-13-24(19)23-10-7-9-22(17-23)21(3)32(16-15-31-27(33)36-28(4,5)6)37(34,35)26-12-8-11-25(29)20(26)2/h7-14,17-18,21H,15-16H2,1-6H3,(H,31,33). The maximum atomic E-state index is 13.9. The van der Waals surface area contributed by atoms with Gasteiger partial charge < -0.3 is 10.1 Å². The number of nitrogens with one attached hydrogen (secondary N) is 1. The Kier molecular flexibility index (Phi) is 9.00. The van der Waals surface area contributed by atoms with E-state index in [1.54, 1.807) is 58.3 Å². The third kappa shape index (κ3) is 7.09. The Hall–Kier alpha value is -2.94. The van der Waals surface area contributed by atoms with Crippen LogP contribution in [0.15, 0.2) is 65.8 Å². The van der Waals surface area contributed by atoms with Gasteiger partial charge in [0.25, 0.3) is 0 Å². The van der Waals surface area contributed by atoms with Gasteiger partial charge in [-0.2, -0.15) is 4.31 Å². The van der Waals surface area contributed by atoms with Gasteiger partial charge in [-0.1, -0.05) is 35.9 Å². The number of amides is 1. The Labute approximate surface area is 224 Å². The number of benzene rings is 2. The van der Waals surface area contributed by atoms with Gasteiger partial charge in [0.2, 0.25) is 10.0 Å². The number of pyridine rings is 1. The third-order valence-electron chi connectivity index (χ3n) is 5.94. The van der Waals surface area contributed by atoms with Crippen LogP contribution in [0.4, 0.5) is 4.79 Å². The summed E-state index contributed by atoms with van der Waals surface area (Å²) in [5.74, 6) is 0. The molecule has 0 spiro atoms. The molecule has 0 fully saturated rings. The van der Waals surface area contributed by atoms with Crippen LogP contribution in [0.2, 0.25) is 5.02 Å². The summed E-state index contributed by atoms with van der Waals surface area (Å²) >= 11 is 6.27. The Morgan fingerprint density at radius 3 is 2.51 bits per heavy atom. The van der Waals surface area contributed by atoms with E-state index < -0.39 is 27.8 Å². The summed E-state index contributed by atoms with van der Waals surface area (Å²) in [5, 5.41) is 3.04. The molecule has 7 nitrogen and oxygen atoms in total. The first-order valence-corrected chi connectivity index (χ1v) is 13.9. The number of alkyl carbamates (subject to hydrolysis) is 1. The van der Waals surface area contributed by atoms with Gasteiger partial charge in [0, 0.05) is 36.5 Å². The first kappa shape index (κ1) is 28.6. The number of aryl methyl sites for hydroxylation is 1. The van der Waals surface area contributed by atoms with Crippen molar-refractivity contribution in [1.82, 2.24) is 14.6 Å². The quantitative estimate of drug-likeness (QED) is 0.360. The Balaban J connectivity index is 1.97. The topological polar surface area (TPSA) is 88.6 Å². The van der Waals surface area contributed by atoms with E-state index in [2.05, 4.69) is 10.3 Å². The number of carbonyl (C=O) groups excluding carboxylic acids is 1. The Morgan fingerprint density at radius 1 is 1.14 bits per heavy atom. The van der Waals surface area contributed by atoms with Crippen LogP contribution >= 0.6 is 11.6 Å². The first-order chi connectivity index (χ1) is 17.3. The van der Waals surface area contributed by atoms with Gasteiger partial charge in [-0.15, -0.1) is 0 Å². The van der Waals surface area contributed by atoms with E-state index in [0.29, 0.717) is 10.6 Å². The zero-order valence-corrected chi connectivity index (χ0v) is 23.7. The van der Waals surface area contributed by atoms with Crippen molar-refractivity contribution in [1.29, 1.82) is 0 Å². The second-order valence-corrected chi connectivity index (χ2v) is 12.2. The van der Waals surface area contributed by atoms with Crippen molar-refractivity contribution in [2.45, 2.75) is 58.1 Å². The van der Waals surface area contributed by atoms with Crippen molar-refractivity contribution in [3.8, 4) is 11.1 Å². The van der Waals surface area contributed by atoms with Gasteiger partial charge in [-0.05, 0) is 93.6 Å². The van der Waals surface area contributed by atoms with Crippen molar-refractivity contribution in [2.24, 2.45) is 0 Å². The second-order valence-electron chi connectivity index (χ2n) is 9.90. The van der Waals surface area contributed by atoms with Crippen LogP contribution in [0.5, 0.6) is 0 Å². The van der Waals surface area contributed by atoms with Crippen molar-refractivity contribution >= 4 is 27.7 Å². The molecule has 1 amide bonds. The molecule has 1 aromatic heterocycles. The minimum absolute atomic E-state index is 0.0349. The van der Waals surface area contributed by atoms with Gasteiger partial charge in [-0.3, -0.25) is 4.98 Å². The number of hydrogen-bond donors (Lipinski definition) is 1. The SMILES string of the molecule is Cc1cnccc1-c1cccc(C(C)N(CCNC(=O)OC(C)(C)C)S(=O)(=O)c2cccc(Cl)c2C)c1. The summed E-state index contributed by atoms with van der Waals surface area (Å²) < 4.78 is 34.6. The Morgan fingerprint density at radius 2 is 1.84 bits per heavy atom. The summed E-state index contributed by atoms with van der Waals surface area (Å²) in [7, 11) is -3.97. The molecule has 9 heteroatoms. The largest absolute Gasteiger partial charge is 0.444 e. The number of sulfonamides is 1. The highest BCUT2D eigenvalue weighted by Gasteiger charge is 2.32. The number of ether oxygens (including phenoxy) is 1. The van der Waals surface area contributed by atoms with Gasteiger partial charge in [0.15, 0.2) is 0 Å². The normalized spacial score (nSPS) is 12.9. The highest BCUT2D eigenvalue weighted by molar-refractivity contribution is 7.89. The lowest BCUT2D eigenvalue weighted by Gasteiger charge is -2.30. The third-order valence-corrected chi connectivity index (χ3v) is 8.46. The number of rotatable bonds is 8. The number of carbonyl (C=O) groups is 1. The summed E-state index contributed by atoms with van der Waals surface area (Å²) in [5.41, 5.74) is 3.64. The molecule has 3 aromatic rings. The molecule has 37 heavy (non-hydrogen) atoms. The summed E-state index contributed by atoms with van der Waals surface area (Å²) in [6.07, 6.45) is 2.93. The molecule has 198 valence electrons. The van der Waals surface area contributed by atoms with Crippen LogP contribution in [-0.4, -0.2) is 42.5 Å². The molecule has 3 rings (SSSR count). The summed E-state index contributed by atoms with van der Waals surface area (Å²) in [6.45, 7) is 10.9. The van der Waals surface area contributed by atoms with Gasteiger partial charge in [0.1, 0.15) is 5.60 Å². The lowest BCUT2D eigenvalue weighted by atomic mass is 9.98. The molecule has 1 heterocycles. The van der Waals surface area contributed by atoms with Gasteiger partial charge in [0.05, 0.1) is 4.90 Å². The maximum absolute atomic E-state index is 13.9. The van der Waals surface area contributed by atoms with E-state index in [4.69, 9.17) is 16.3 Å². The van der Waals surface area contributed by atoms with Gasteiger partial charge >= 0.3 is 6.09 Å². The van der Waals surface area contributed by atoms with E-state index in [1.807, 2.05) is 44.2 Å². The molecular weight excluding hydrogens is 510 g/mol. The van der Waals surface area contributed by atoms with E-state index in [1.165, 1.54) is 4.31 Å². The monoisotopic (exact) mass is 543 g/mol. The molecule has 1 atom stereocenters.